The van der Waals surface area contributed by atoms with E-state index in [9.17, 15) is 4.39 Å². The van der Waals surface area contributed by atoms with Crippen molar-refractivity contribution in [2.45, 2.75) is 13.5 Å². The number of nitrogens with zero attached hydrogens (tertiary/aromatic N) is 2. The minimum atomic E-state index is -0.435. The molecule has 17 heavy (non-hydrogen) atoms. The largest absolute Gasteiger partial charge is 0.379 e. The first kappa shape index (κ1) is 11.8. The van der Waals surface area contributed by atoms with Gasteiger partial charge in [0.25, 0.3) is 0 Å². The van der Waals surface area contributed by atoms with E-state index in [1.165, 1.54) is 12.1 Å². The van der Waals surface area contributed by atoms with Crippen molar-refractivity contribution in [1.82, 2.24) is 9.97 Å². The van der Waals surface area contributed by atoms with Crippen molar-refractivity contribution in [2.75, 3.05) is 5.32 Å². The van der Waals surface area contributed by atoms with E-state index in [1.807, 2.05) is 13.0 Å². The molecule has 88 valence electrons. The lowest BCUT2D eigenvalue weighted by molar-refractivity contribution is 0.628. The number of nitrogens with one attached hydrogen (secondary N) is 1. The van der Waals surface area contributed by atoms with E-state index < -0.39 is 5.82 Å². The minimum Gasteiger partial charge on any atom is -0.379 e. The van der Waals surface area contributed by atoms with Crippen LogP contribution in [0.1, 0.15) is 11.5 Å². The van der Waals surface area contributed by atoms with Gasteiger partial charge in [-0.15, -0.1) is 0 Å². The van der Waals surface area contributed by atoms with Gasteiger partial charge in [0.15, 0.2) is 0 Å². The summed E-state index contributed by atoms with van der Waals surface area (Å²) >= 11 is 5.60. The molecule has 2 rings (SSSR count). The van der Waals surface area contributed by atoms with Gasteiger partial charge in [0.1, 0.15) is 11.6 Å². The molecule has 0 spiro atoms. The number of anilines is 1. The van der Waals surface area contributed by atoms with Crippen molar-refractivity contribution in [3.05, 3.63) is 52.8 Å². The normalized spacial score (nSPS) is 10.3. The standard InChI is InChI=1S/C12H11ClFN3/c1-8-15-5-4-10(17-8)7-16-9-2-3-11(13)12(14)6-9/h2-6,16H,7H2,1H3. The number of hydrogen-bond acceptors (Lipinski definition) is 3. The molecule has 2 aromatic rings. The summed E-state index contributed by atoms with van der Waals surface area (Å²) in [5, 5.41) is 3.19. The molecule has 1 N–H and O–H groups in total. The second kappa shape index (κ2) is 5.10. The van der Waals surface area contributed by atoms with E-state index in [1.54, 1.807) is 12.3 Å². The molecule has 0 aliphatic carbocycles. The van der Waals surface area contributed by atoms with Crippen molar-refractivity contribution < 1.29 is 4.39 Å². The third-order valence-electron chi connectivity index (χ3n) is 2.23. The number of aromatic nitrogens is 2. The van der Waals surface area contributed by atoms with E-state index in [0.717, 1.165) is 5.69 Å². The van der Waals surface area contributed by atoms with Crippen molar-refractivity contribution >= 4 is 17.3 Å². The van der Waals surface area contributed by atoms with E-state index in [4.69, 9.17) is 11.6 Å². The second-order valence-electron chi connectivity index (χ2n) is 3.58. The average molecular weight is 252 g/mol. The molecule has 0 amide bonds. The Labute approximate surface area is 104 Å². The Kier molecular flexibility index (Phi) is 3.54. The van der Waals surface area contributed by atoms with Gasteiger partial charge in [-0.05, 0) is 31.2 Å². The lowest BCUT2D eigenvalue weighted by Crippen LogP contribution is -2.03. The Bertz CT molecular complexity index is 531. The highest BCUT2D eigenvalue weighted by molar-refractivity contribution is 6.30. The fourth-order valence-electron chi connectivity index (χ4n) is 1.40. The summed E-state index contributed by atoms with van der Waals surface area (Å²) in [5.74, 6) is 0.280. The van der Waals surface area contributed by atoms with E-state index in [-0.39, 0.29) is 5.02 Å². The molecular formula is C12H11ClFN3. The van der Waals surface area contributed by atoms with Crippen LogP contribution in [-0.2, 0) is 6.54 Å². The monoisotopic (exact) mass is 251 g/mol. The molecule has 0 aliphatic rings. The predicted molar refractivity (Wildman–Crippen MR) is 65.5 cm³/mol. The zero-order chi connectivity index (χ0) is 12.3. The van der Waals surface area contributed by atoms with Crippen LogP contribution in [0.15, 0.2) is 30.5 Å². The van der Waals surface area contributed by atoms with Gasteiger partial charge < -0.3 is 5.32 Å². The summed E-state index contributed by atoms with van der Waals surface area (Å²) in [4.78, 5) is 8.24. The molecule has 0 saturated heterocycles. The Morgan fingerprint density at radius 1 is 1.35 bits per heavy atom. The molecule has 0 aliphatic heterocycles. The zero-order valence-corrected chi connectivity index (χ0v) is 10.0. The van der Waals surface area contributed by atoms with Gasteiger partial charge in [-0.3, -0.25) is 0 Å². The highest BCUT2D eigenvalue weighted by Gasteiger charge is 2.01. The lowest BCUT2D eigenvalue weighted by Gasteiger charge is -2.06. The molecule has 0 saturated carbocycles. The SMILES string of the molecule is Cc1nccc(CNc2ccc(Cl)c(F)c2)n1. The maximum Gasteiger partial charge on any atom is 0.143 e. The van der Waals surface area contributed by atoms with Crippen LogP contribution in [0.3, 0.4) is 0 Å². The first-order valence-corrected chi connectivity index (χ1v) is 5.50. The molecule has 0 bridgehead atoms. The molecule has 0 fully saturated rings. The number of hydrogen-bond donors (Lipinski definition) is 1. The molecule has 0 radical (unpaired) electrons. The summed E-state index contributed by atoms with van der Waals surface area (Å²) in [5.41, 5.74) is 1.52. The number of rotatable bonds is 3. The van der Waals surface area contributed by atoms with Crippen LogP contribution in [0.5, 0.6) is 0 Å². The van der Waals surface area contributed by atoms with E-state index in [0.29, 0.717) is 18.1 Å². The molecule has 0 unspecified atom stereocenters. The number of aryl methyl sites for hydroxylation is 1. The van der Waals surface area contributed by atoms with Crippen molar-refractivity contribution in [3.8, 4) is 0 Å². The molecule has 5 heteroatoms. The topological polar surface area (TPSA) is 37.8 Å². The van der Waals surface area contributed by atoms with Gasteiger partial charge >= 0.3 is 0 Å². The van der Waals surface area contributed by atoms with Gasteiger partial charge in [0.05, 0.1) is 17.3 Å². The third kappa shape index (κ3) is 3.14. The fraction of sp³-hybridized carbons (Fsp3) is 0.167. The summed E-state index contributed by atoms with van der Waals surface area (Å²) < 4.78 is 13.2. The van der Waals surface area contributed by atoms with Crippen molar-refractivity contribution in [1.29, 1.82) is 0 Å². The lowest BCUT2D eigenvalue weighted by atomic mass is 10.3. The minimum absolute atomic E-state index is 0.119. The third-order valence-corrected chi connectivity index (χ3v) is 2.53. The van der Waals surface area contributed by atoms with Crippen LogP contribution in [0.25, 0.3) is 0 Å². The van der Waals surface area contributed by atoms with Gasteiger partial charge in [0, 0.05) is 11.9 Å². The Morgan fingerprint density at radius 3 is 2.88 bits per heavy atom. The average Bonchev–Trinajstić information content (AvgIpc) is 2.31. The Hall–Kier alpha value is -1.68. The molecule has 1 aromatic heterocycles. The Morgan fingerprint density at radius 2 is 2.18 bits per heavy atom. The van der Waals surface area contributed by atoms with Gasteiger partial charge in [-0.1, -0.05) is 11.6 Å². The highest BCUT2D eigenvalue weighted by atomic mass is 35.5. The highest BCUT2D eigenvalue weighted by Crippen LogP contribution is 2.18. The number of benzene rings is 1. The van der Waals surface area contributed by atoms with Crippen LogP contribution in [0.2, 0.25) is 5.02 Å². The van der Waals surface area contributed by atoms with E-state index in [2.05, 4.69) is 15.3 Å². The zero-order valence-electron chi connectivity index (χ0n) is 9.24. The summed E-state index contributed by atoms with van der Waals surface area (Å²) in [7, 11) is 0. The quantitative estimate of drug-likeness (QED) is 0.910. The maximum absolute atomic E-state index is 13.2. The van der Waals surface area contributed by atoms with Crippen LogP contribution >= 0.6 is 11.6 Å². The molecule has 1 aromatic carbocycles. The molecule has 1 heterocycles. The van der Waals surface area contributed by atoms with Gasteiger partial charge in [-0.2, -0.15) is 0 Å². The van der Waals surface area contributed by atoms with Crippen molar-refractivity contribution in [2.24, 2.45) is 0 Å². The first-order valence-electron chi connectivity index (χ1n) is 5.12. The predicted octanol–water partition coefficient (Wildman–Crippen LogP) is 3.19. The summed E-state index contributed by atoms with van der Waals surface area (Å²) in [6, 6.07) is 6.41. The second-order valence-corrected chi connectivity index (χ2v) is 3.98. The fourth-order valence-corrected chi connectivity index (χ4v) is 1.52. The Balaban J connectivity index is 2.05. The van der Waals surface area contributed by atoms with Crippen LogP contribution in [0, 0.1) is 12.7 Å². The smallest absolute Gasteiger partial charge is 0.143 e. The van der Waals surface area contributed by atoms with E-state index >= 15 is 0 Å². The van der Waals surface area contributed by atoms with Crippen LogP contribution < -0.4 is 5.32 Å². The van der Waals surface area contributed by atoms with Gasteiger partial charge in [0.2, 0.25) is 0 Å². The van der Waals surface area contributed by atoms with Gasteiger partial charge in [-0.25, -0.2) is 14.4 Å². The van der Waals surface area contributed by atoms with Crippen molar-refractivity contribution in [3.63, 3.8) is 0 Å². The maximum atomic E-state index is 13.2. The van der Waals surface area contributed by atoms with Crippen LogP contribution in [0.4, 0.5) is 10.1 Å². The number of halogens is 2. The first-order chi connectivity index (χ1) is 8.15. The molecular weight excluding hydrogens is 241 g/mol. The summed E-state index contributed by atoms with van der Waals surface area (Å²) in [6.07, 6.45) is 1.70. The summed E-state index contributed by atoms with van der Waals surface area (Å²) in [6.45, 7) is 2.34. The van der Waals surface area contributed by atoms with Crippen LogP contribution in [-0.4, -0.2) is 9.97 Å². The molecule has 3 nitrogen and oxygen atoms in total. The molecule has 0 atom stereocenters.